The number of Topliss-reactive ketones (excluding diaryl/α,β-unsaturated/α-hetero) is 1. The van der Waals surface area contributed by atoms with E-state index in [0.717, 1.165) is 31.1 Å². The van der Waals surface area contributed by atoms with Gasteiger partial charge < -0.3 is 5.11 Å². The normalized spacial score (nSPS) is 56.1. The van der Waals surface area contributed by atoms with Gasteiger partial charge in [0.25, 0.3) is 0 Å². The second-order valence-corrected chi connectivity index (χ2v) is 9.24. The van der Waals surface area contributed by atoms with E-state index < -0.39 is 0 Å². The number of rotatable bonds is 0. The van der Waals surface area contributed by atoms with Crippen LogP contribution in [0.15, 0.2) is 10.6 Å². The zero-order chi connectivity index (χ0) is 15.3. The maximum absolute atomic E-state index is 11.9. The fourth-order valence-corrected chi connectivity index (χ4v) is 7.78. The van der Waals surface area contributed by atoms with Crippen LogP contribution in [-0.4, -0.2) is 17.0 Å². The first kappa shape index (κ1) is 14.0. The van der Waals surface area contributed by atoms with Crippen molar-refractivity contribution in [3.8, 4) is 0 Å². The number of ketones is 1. The van der Waals surface area contributed by atoms with Gasteiger partial charge in [-0.05, 0) is 85.0 Å². The molecule has 1 N–H and O–H groups in total. The van der Waals surface area contributed by atoms with E-state index in [9.17, 15) is 9.90 Å². The minimum Gasteiger partial charge on any atom is -0.393 e. The van der Waals surface area contributed by atoms with Crippen LogP contribution in [0.5, 0.6) is 0 Å². The SMILES string of the molecule is C[C@]12CCC3C4CCC(=O)C(Cl)=C4CCC3[C@]13C[C@@H]3C[C@H]2O. The summed E-state index contributed by atoms with van der Waals surface area (Å²) in [6.07, 6.45) is 8.57. The summed E-state index contributed by atoms with van der Waals surface area (Å²) in [5.74, 6) is 2.98. The quantitative estimate of drug-likeness (QED) is 0.731. The molecule has 0 aromatic carbocycles. The highest BCUT2D eigenvalue weighted by molar-refractivity contribution is 6.43. The first-order valence-corrected chi connectivity index (χ1v) is 9.46. The van der Waals surface area contributed by atoms with Gasteiger partial charge in [0.15, 0.2) is 5.78 Å². The first-order valence-electron chi connectivity index (χ1n) is 9.09. The van der Waals surface area contributed by atoms with Gasteiger partial charge in [0.1, 0.15) is 0 Å². The predicted molar refractivity (Wildman–Crippen MR) is 85.3 cm³/mol. The van der Waals surface area contributed by atoms with E-state index >= 15 is 0 Å². The molecule has 0 saturated heterocycles. The van der Waals surface area contributed by atoms with Crippen LogP contribution >= 0.6 is 11.6 Å². The van der Waals surface area contributed by atoms with Gasteiger partial charge in [0.05, 0.1) is 11.1 Å². The Balaban J connectivity index is 1.54. The molecule has 5 aliphatic rings. The highest BCUT2D eigenvalue weighted by Gasteiger charge is 2.76. The van der Waals surface area contributed by atoms with Gasteiger partial charge in [-0.2, -0.15) is 0 Å². The molecule has 7 atom stereocenters. The van der Waals surface area contributed by atoms with Crippen molar-refractivity contribution < 1.29 is 9.90 Å². The van der Waals surface area contributed by atoms with Crippen LogP contribution in [0.1, 0.15) is 58.3 Å². The summed E-state index contributed by atoms with van der Waals surface area (Å²) < 4.78 is 0. The molecular formula is C19H25ClO2. The third-order valence-corrected chi connectivity index (χ3v) is 8.99. The molecule has 22 heavy (non-hydrogen) atoms. The zero-order valence-electron chi connectivity index (χ0n) is 13.3. The summed E-state index contributed by atoms with van der Waals surface area (Å²) in [6, 6.07) is 0. The van der Waals surface area contributed by atoms with Gasteiger partial charge in [0.2, 0.25) is 0 Å². The molecule has 5 aliphatic carbocycles. The Morgan fingerprint density at radius 3 is 2.86 bits per heavy atom. The molecule has 0 aromatic rings. The maximum atomic E-state index is 11.9. The number of aliphatic hydroxyl groups is 1. The maximum Gasteiger partial charge on any atom is 0.174 e. The number of hydrogen-bond donors (Lipinski definition) is 1. The lowest BCUT2D eigenvalue weighted by atomic mass is 9.49. The van der Waals surface area contributed by atoms with E-state index in [4.69, 9.17) is 11.6 Å². The van der Waals surface area contributed by atoms with Crippen molar-refractivity contribution in [1.82, 2.24) is 0 Å². The lowest BCUT2D eigenvalue weighted by molar-refractivity contribution is -0.117. The van der Waals surface area contributed by atoms with Crippen molar-refractivity contribution in [2.24, 2.45) is 34.5 Å². The molecule has 0 heterocycles. The van der Waals surface area contributed by atoms with Gasteiger partial charge in [0, 0.05) is 6.42 Å². The molecule has 3 heteroatoms. The molecular weight excluding hydrogens is 296 g/mol. The average molecular weight is 321 g/mol. The summed E-state index contributed by atoms with van der Waals surface area (Å²) in [7, 11) is 0. The van der Waals surface area contributed by atoms with Crippen LogP contribution in [0.3, 0.4) is 0 Å². The van der Waals surface area contributed by atoms with Crippen molar-refractivity contribution >= 4 is 17.4 Å². The third kappa shape index (κ3) is 1.41. The van der Waals surface area contributed by atoms with Crippen LogP contribution in [-0.2, 0) is 4.79 Å². The fourth-order valence-electron chi connectivity index (χ4n) is 7.45. The molecule has 5 rings (SSSR count). The van der Waals surface area contributed by atoms with Crippen molar-refractivity contribution in [3.63, 3.8) is 0 Å². The zero-order valence-corrected chi connectivity index (χ0v) is 14.0. The van der Waals surface area contributed by atoms with Crippen molar-refractivity contribution in [2.45, 2.75) is 64.4 Å². The molecule has 1 spiro atoms. The van der Waals surface area contributed by atoms with Crippen LogP contribution < -0.4 is 0 Å². The Morgan fingerprint density at radius 1 is 1.23 bits per heavy atom. The highest BCUT2D eigenvalue weighted by Crippen LogP contribution is 2.81. The second-order valence-electron chi connectivity index (χ2n) is 8.87. The van der Waals surface area contributed by atoms with E-state index in [1.54, 1.807) is 0 Å². The standard InChI is InChI=1S/C19H25ClO2/c1-18-7-6-12-11-3-5-15(21)17(20)13(11)2-4-14(12)19(18)9-10(19)8-16(18)22/h10-12,14,16,22H,2-9H2,1H3/t10-,11?,12?,14?,16+,18+,19+/m0/s1. The number of allylic oxidation sites excluding steroid dienone is 1. The summed E-state index contributed by atoms with van der Waals surface area (Å²) in [5, 5.41) is 11.2. The van der Waals surface area contributed by atoms with Gasteiger partial charge in [-0.15, -0.1) is 0 Å². The summed E-state index contributed by atoms with van der Waals surface area (Å²) in [4.78, 5) is 11.9. The fraction of sp³-hybridized carbons (Fsp3) is 0.842. The van der Waals surface area contributed by atoms with Gasteiger partial charge >= 0.3 is 0 Å². The van der Waals surface area contributed by atoms with E-state index in [-0.39, 0.29) is 17.3 Å². The Hall–Kier alpha value is -0.340. The molecule has 3 unspecified atom stereocenters. The Bertz CT molecular complexity index is 596. The second kappa shape index (κ2) is 4.19. The summed E-state index contributed by atoms with van der Waals surface area (Å²) in [6.45, 7) is 2.36. The Kier molecular flexibility index (Phi) is 2.67. The summed E-state index contributed by atoms with van der Waals surface area (Å²) in [5.41, 5.74) is 1.87. The molecule has 0 aliphatic heterocycles. The lowest BCUT2D eigenvalue weighted by Crippen LogP contribution is -2.50. The van der Waals surface area contributed by atoms with Crippen molar-refractivity contribution in [3.05, 3.63) is 10.6 Å². The molecule has 120 valence electrons. The minimum absolute atomic E-state index is 0.0827. The molecule has 2 nitrogen and oxygen atoms in total. The third-order valence-electron chi connectivity index (χ3n) is 8.53. The van der Waals surface area contributed by atoms with Crippen LogP contribution in [0.4, 0.5) is 0 Å². The monoisotopic (exact) mass is 320 g/mol. The van der Waals surface area contributed by atoms with E-state index in [1.165, 1.54) is 31.3 Å². The number of carbonyl (C=O) groups is 1. The van der Waals surface area contributed by atoms with Gasteiger partial charge in [-0.3, -0.25) is 4.79 Å². The van der Waals surface area contributed by atoms with Gasteiger partial charge in [-0.1, -0.05) is 18.5 Å². The molecule has 0 bridgehead atoms. The Labute approximate surface area is 137 Å². The number of halogens is 1. The number of aliphatic hydroxyl groups excluding tert-OH is 1. The summed E-state index contributed by atoms with van der Waals surface area (Å²) >= 11 is 6.37. The highest BCUT2D eigenvalue weighted by atomic mass is 35.5. The number of fused-ring (bicyclic) bond motifs is 3. The lowest BCUT2D eigenvalue weighted by Gasteiger charge is -2.55. The largest absolute Gasteiger partial charge is 0.393 e. The van der Waals surface area contributed by atoms with Crippen LogP contribution in [0.2, 0.25) is 0 Å². The molecule has 4 saturated carbocycles. The molecule has 4 fully saturated rings. The van der Waals surface area contributed by atoms with E-state index in [0.29, 0.717) is 28.7 Å². The minimum atomic E-state index is -0.0827. The van der Waals surface area contributed by atoms with Crippen LogP contribution in [0, 0.1) is 34.5 Å². The van der Waals surface area contributed by atoms with E-state index in [2.05, 4.69) is 6.92 Å². The Morgan fingerprint density at radius 2 is 2.05 bits per heavy atom. The smallest absolute Gasteiger partial charge is 0.174 e. The van der Waals surface area contributed by atoms with Crippen molar-refractivity contribution in [2.75, 3.05) is 0 Å². The van der Waals surface area contributed by atoms with Gasteiger partial charge in [-0.25, -0.2) is 0 Å². The number of carbonyl (C=O) groups excluding carboxylic acids is 1. The van der Waals surface area contributed by atoms with E-state index in [1.807, 2.05) is 0 Å². The topological polar surface area (TPSA) is 37.3 Å². The first-order chi connectivity index (χ1) is 10.5. The van der Waals surface area contributed by atoms with Crippen molar-refractivity contribution in [1.29, 1.82) is 0 Å². The molecule has 0 amide bonds. The molecule has 0 aromatic heterocycles. The molecule has 0 radical (unpaired) electrons. The van der Waals surface area contributed by atoms with Crippen LogP contribution in [0.25, 0.3) is 0 Å². The number of hydrogen-bond acceptors (Lipinski definition) is 2. The average Bonchev–Trinajstić information content (AvgIpc) is 3.16. The predicted octanol–water partition coefficient (Wildman–Crippen LogP) is 4.06.